The third kappa shape index (κ3) is 4.18. The molecule has 0 spiro atoms. The molecular weight excluding hydrogens is 389 g/mol. The van der Waals surface area contributed by atoms with Gasteiger partial charge in [0.25, 0.3) is 0 Å². The Morgan fingerprint density at radius 3 is 2.43 bits per heavy atom. The van der Waals surface area contributed by atoms with E-state index in [1.807, 2.05) is 30.3 Å². The van der Waals surface area contributed by atoms with E-state index in [0.717, 1.165) is 43.7 Å². The second kappa shape index (κ2) is 8.09. The van der Waals surface area contributed by atoms with Crippen molar-refractivity contribution in [1.82, 2.24) is 4.98 Å². The molecule has 1 aliphatic rings. The maximum absolute atomic E-state index is 13.3. The number of pyridine rings is 1. The molecule has 1 fully saturated rings. The van der Waals surface area contributed by atoms with Gasteiger partial charge in [-0.15, -0.1) is 0 Å². The van der Waals surface area contributed by atoms with Crippen LogP contribution in [-0.2, 0) is 17.4 Å². The molecule has 1 aromatic heterocycles. The van der Waals surface area contributed by atoms with Crippen LogP contribution in [0, 0.1) is 5.41 Å². The van der Waals surface area contributed by atoms with Crippen LogP contribution in [0.1, 0.15) is 43.2 Å². The summed E-state index contributed by atoms with van der Waals surface area (Å²) in [6.45, 7) is 0. The number of alkyl halides is 3. The van der Waals surface area contributed by atoms with Gasteiger partial charge in [0.1, 0.15) is 0 Å². The van der Waals surface area contributed by atoms with Gasteiger partial charge in [0.2, 0.25) is 5.91 Å². The lowest BCUT2D eigenvalue weighted by Crippen LogP contribution is -2.40. The molecular formula is C24H23F3N2O. The van der Waals surface area contributed by atoms with Crippen molar-refractivity contribution < 1.29 is 18.0 Å². The second-order valence-electron chi connectivity index (χ2n) is 8.06. The van der Waals surface area contributed by atoms with Crippen LogP contribution < -0.4 is 5.32 Å². The fourth-order valence-corrected chi connectivity index (χ4v) is 4.42. The van der Waals surface area contributed by atoms with Crippen LogP contribution in [0.5, 0.6) is 0 Å². The SMILES string of the molecule is O=C(Nc1cnc2c(C(F)(F)F)cccc2c1)C1(Cc2ccccc2)CCCCC1. The minimum Gasteiger partial charge on any atom is -0.324 e. The number of anilines is 1. The average molecular weight is 412 g/mol. The number of fused-ring (bicyclic) bond motifs is 1. The van der Waals surface area contributed by atoms with E-state index in [2.05, 4.69) is 10.3 Å². The highest BCUT2D eigenvalue weighted by Crippen LogP contribution is 2.41. The number of halogens is 3. The van der Waals surface area contributed by atoms with Gasteiger partial charge >= 0.3 is 6.18 Å². The topological polar surface area (TPSA) is 42.0 Å². The van der Waals surface area contributed by atoms with Gasteiger partial charge in [-0.3, -0.25) is 9.78 Å². The van der Waals surface area contributed by atoms with Crippen molar-refractivity contribution in [3.8, 4) is 0 Å². The Labute approximate surface area is 173 Å². The first-order valence-electron chi connectivity index (χ1n) is 10.2. The molecule has 1 aliphatic carbocycles. The summed E-state index contributed by atoms with van der Waals surface area (Å²) in [6, 6.07) is 15.5. The molecule has 0 radical (unpaired) electrons. The van der Waals surface area contributed by atoms with Gasteiger partial charge in [-0.2, -0.15) is 13.2 Å². The predicted molar refractivity (Wildman–Crippen MR) is 111 cm³/mol. The summed E-state index contributed by atoms with van der Waals surface area (Å²) in [6.07, 6.45) is 2.18. The van der Waals surface area contributed by atoms with E-state index in [4.69, 9.17) is 0 Å². The first kappa shape index (κ1) is 20.4. The summed E-state index contributed by atoms with van der Waals surface area (Å²) in [5, 5.41) is 3.29. The monoisotopic (exact) mass is 412 g/mol. The number of rotatable bonds is 4. The zero-order valence-electron chi connectivity index (χ0n) is 16.5. The van der Waals surface area contributed by atoms with E-state index in [1.165, 1.54) is 12.3 Å². The maximum Gasteiger partial charge on any atom is 0.418 e. The second-order valence-corrected chi connectivity index (χ2v) is 8.06. The number of para-hydroxylation sites is 1. The molecule has 3 nitrogen and oxygen atoms in total. The summed E-state index contributed by atoms with van der Waals surface area (Å²) < 4.78 is 39.7. The molecule has 2 aromatic carbocycles. The highest BCUT2D eigenvalue weighted by atomic mass is 19.4. The number of amides is 1. The minimum absolute atomic E-state index is 0.0841. The molecule has 3 aromatic rings. The molecule has 1 N–H and O–H groups in total. The van der Waals surface area contributed by atoms with E-state index >= 15 is 0 Å². The molecule has 6 heteroatoms. The molecule has 0 bridgehead atoms. The van der Waals surface area contributed by atoms with E-state index in [9.17, 15) is 18.0 Å². The highest BCUT2D eigenvalue weighted by molar-refractivity contribution is 5.97. The number of benzene rings is 2. The Bertz CT molecular complexity index is 1040. The van der Waals surface area contributed by atoms with E-state index in [-0.39, 0.29) is 11.4 Å². The Kier molecular flexibility index (Phi) is 5.50. The lowest BCUT2D eigenvalue weighted by Gasteiger charge is -2.36. The molecule has 0 saturated heterocycles. The standard InChI is InChI=1S/C24H23F3N2O/c25-24(26,27)20-11-7-10-18-14-19(16-28-21(18)20)29-22(30)23(12-5-2-6-13-23)15-17-8-3-1-4-9-17/h1,3-4,7-11,14,16H,2,5-6,12-13,15H2,(H,29,30). The zero-order valence-corrected chi connectivity index (χ0v) is 16.5. The zero-order chi connectivity index (χ0) is 21.2. The molecule has 1 heterocycles. The van der Waals surface area contributed by atoms with Crippen LogP contribution in [0.4, 0.5) is 18.9 Å². The molecule has 0 unspecified atom stereocenters. The molecule has 30 heavy (non-hydrogen) atoms. The number of nitrogens with zero attached hydrogens (tertiary/aromatic N) is 1. The van der Waals surface area contributed by atoms with Gasteiger partial charge in [0.15, 0.2) is 0 Å². The number of aromatic nitrogens is 1. The van der Waals surface area contributed by atoms with Gasteiger partial charge in [0, 0.05) is 5.39 Å². The minimum atomic E-state index is -4.47. The van der Waals surface area contributed by atoms with Crippen molar-refractivity contribution >= 4 is 22.5 Å². The number of hydrogen-bond donors (Lipinski definition) is 1. The third-order valence-corrected chi connectivity index (χ3v) is 5.95. The Hall–Kier alpha value is -2.89. The molecule has 156 valence electrons. The maximum atomic E-state index is 13.3. The van der Waals surface area contributed by atoms with Crippen LogP contribution >= 0.6 is 0 Å². The van der Waals surface area contributed by atoms with Crippen LogP contribution in [0.2, 0.25) is 0 Å². The van der Waals surface area contributed by atoms with Gasteiger partial charge in [0.05, 0.1) is 28.4 Å². The summed E-state index contributed by atoms with van der Waals surface area (Å²) in [4.78, 5) is 17.4. The van der Waals surface area contributed by atoms with E-state index < -0.39 is 17.2 Å². The summed E-state index contributed by atoms with van der Waals surface area (Å²) in [5.41, 5.74) is 0.138. The van der Waals surface area contributed by atoms with Crippen LogP contribution in [0.25, 0.3) is 10.9 Å². The Morgan fingerprint density at radius 2 is 1.73 bits per heavy atom. The van der Waals surface area contributed by atoms with Crippen molar-refractivity contribution in [1.29, 1.82) is 0 Å². The van der Waals surface area contributed by atoms with Gasteiger partial charge in [-0.1, -0.05) is 61.7 Å². The largest absolute Gasteiger partial charge is 0.418 e. The number of carbonyl (C=O) groups excluding carboxylic acids is 1. The summed E-state index contributed by atoms with van der Waals surface area (Å²) in [5.74, 6) is -0.0841. The van der Waals surface area contributed by atoms with Crippen molar-refractivity contribution in [3.05, 3.63) is 71.9 Å². The molecule has 4 rings (SSSR count). The first-order chi connectivity index (χ1) is 14.4. The van der Waals surface area contributed by atoms with Gasteiger partial charge in [-0.25, -0.2) is 0 Å². The Balaban J connectivity index is 1.61. The van der Waals surface area contributed by atoms with Crippen LogP contribution in [-0.4, -0.2) is 10.9 Å². The first-order valence-corrected chi connectivity index (χ1v) is 10.2. The van der Waals surface area contributed by atoms with Crippen molar-refractivity contribution in [2.24, 2.45) is 5.41 Å². The summed E-state index contributed by atoms with van der Waals surface area (Å²) in [7, 11) is 0. The van der Waals surface area contributed by atoms with Crippen LogP contribution in [0.3, 0.4) is 0 Å². The predicted octanol–water partition coefficient (Wildman–Crippen LogP) is 6.39. The summed E-state index contributed by atoms with van der Waals surface area (Å²) >= 11 is 0. The smallest absolute Gasteiger partial charge is 0.324 e. The van der Waals surface area contributed by atoms with E-state index in [0.29, 0.717) is 17.5 Å². The average Bonchev–Trinajstić information content (AvgIpc) is 2.74. The quantitative estimate of drug-likeness (QED) is 0.540. The molecule has 1 amide bonds. The number of hydrogen-bond acceptors (Lipinski definition) is 2. The fourth-order valence-electron chi connectivity index (χ4n) is 4.42. The van der Waals surface area contributed by atoms with Crippen molar-refractivity contribution in [3.63, 3.8) is 0 Å². The van der Waals surface area contributed by atoms with Crippen LogP contribution in [0.15, 0.2) is 60.8 Å². The lowest BCUT2D eigenvalue weighted by atomic mass is 9.69. The molecule has 0 aliphatic heterocycles. The normalized spacial score (nSPS) is 16.4. The van der Waals surface area contributed by atoms with Crippen molar-refractivity contribution in [2.45, 2.75) is 44.7 Å². The van der Waals surface area contributed by atoms with Gasteiger partial charge in [-0.05, 0) is 37.0 Å². The molecule has 0 atom stereocenters. The number of carbonyl (C=O) groups is 1. The van der Waals surface area contributed by atoms with E-state index in [1.54, 1.807) is 12.1 Å². The molecule has 1 saturated carbocycles. The highest BCUT2D eigenvalue weighted by Gasteiger charge is 2.39. The van der Waals surface area contributed by atoms with Gasteiger partial charge < -0.3 is 5.32 Å². The fraction of sp³-hybridized carbons (Fsp3) is 0.333. The lowest BCUT2D eigenvalue weighted by molar-refractivity contribution is -0.136. The van der Waals surface area contributed by atoms with Crippen molar-refractivity contribution in [2.75, 3.05) is 5.32 Å². The third-order valence-electron chi connectivity index (χ3n) is 5.95. The number of nitrogens with one attached hydrogen (secondary N) is 1. The Morgan fingerprint density at radius 1 is 1.00 bits per heavy atom.